The van der Waals surface area contributed by atoms with Crippen LogP contribution in [-0.4, -0.2) is 43.0 Å². The van der Waals surface area contributed by atoms with Crippen molar-refractivity contribution in [2.45, 2.75) is 20.4 Å². The fourth-order valence-corrected chi connectivity index (χ4v) is 2.41. The van der Waals surface area contributed by atoms with E-state index in [1.54, 1.807) is 14.2 Å². The molecule has 0 saturated heterocycles. The molecule has 0 aliphatic heterocycles. The Morgan fingerprint density at radius 2 is 2.04 bits per heavy atom. The molecule has 23 heavy (non-hydrogen) atoms. The standard InChI is InChI=1S/C17H25N5O/c1-13-11-14(2)22(21-13)16-8-6-5-7-15(16)12-20-17(18-3)19-9-10-23-4/h5-8,11H,9-10,12H2,1-4H3,(H2,18,19,20). The summed E-state index contributed by atoms with van der Waals surface area (Å²) in [6.07, 6.45) is 0. The van der Waals surface area contributed by atoms with E-state index in [-0.39, 0.29) is 0 Å². The molecule has 0 spiro atoms. The molecule has 0 aliphatic carbocycles. The molecule has 6 heteroatoms. The van der Waals surface area contributed by atoms with Gasteiger partial charge in [0.15, 0.2) is 5.96 Å². The van der Waals surface area contributed by atoms with Gasteiger partial charge in [-0.1, -0.05) is 18.2 Å². The zero-order chi connectivity index (χ0) is 16.7. The van der Waals surface area contributed by atoms with Gasteiger partial charge in [-0.25, -0.2) is 4.68 Å². The van der Waals surface area contributed by atoms with Crippen molar-refractivity contribution in [1.82, 2.24) is 20.4 Å². The molecule has 0 amide bonds. The average Bonchev–Trinajstić information content (AvgIpc) is 2.89. The van der Waals surface area contributed by atoms with E-state index in [2.05, 4.69) is 45.8 Å². The highest BCUT2D eigenvalue weighted by atomic mass is 16.5. The predicted octanol–water partition coefficient (Wildman–Crippen LogP) is 1.80. The monoisotopic (exact) mass is 315 g/mol. The van der Waals surface area contributed by atoms with Crippen molar-refractivity contribution in [3.8, 4) is 5.69 Å². The topological polar surface area (TPSA) is 63.5 Å². The number of aliphatic imine (C=N–C) groups is 1. The van der Waals surface area contributed by atoms with E-state index in [1.807, 2.05) is 23.7 Å². The van der Waals surface area contributed by atoms with Gasteiger partial charge in [0.1, 0.15) is 0 Å². The van der Waals surface area contributed by atoms with Crippen LogP contribution in [0.5, 0.6) is 0 Å². The number of guanidine groups is 1. The largest absolute Gasteiger partial charge is 0.383 e. The van der Waals surface area contributed by atoms with Crippen molar-refractivity contribution in [1.29, 1.82) is 0 Å². The van der Waals surface area contributed by atoms with Gasteiger partial charge in [-0.05, 0) is 31.5 Å². The summed E-state index contributed by atoms with van der Waals surface area (Å²) in [6, 6.07) is 10.3. The number of methoxy groups -OCH3 is 1. The summed E-state index contributed by atoms with van der Waals surface area (Å²) in [7, 11) is 3.44. The normalized spacial score (nSPS) is 11.6. The third-order valence-corrected chi connectivity index (χ3v) is 3.50. The molecule has 1 aromatic carbocycles. The van der Waals surface area contributed by atoms with E-state index in [0.29, 0.717) is 13.2 Å². The lowest BCUT2D eigenvalue weighted by molar-refractivity contribution is 0.203. The highest BCUT2D eigenvalue weighted by Crippen LogP contribution is 2.16. The SMILES string of the molecule is CN=C(NCCOC)NCc1ccccc1-n1nc(C)cc1C. The zero-order valence-electron chi connectivity index (χ0n) is 14.3. The lowest BCUT2D eigenvalue weighted by atomic mass is 10.1. The molecule has 0 radical (unpaired) electrons. The number of rotatable bonds is 6. The van der Waals surface area contributed by atoms with E-state index in [4.69, 9.17) is 4.74 Å². The minimum atomic E-state index is 0.642. The Balaban J connectivity index is 2.10. The third-order valence-electron chi connectivity index (χ3n) is 3.50. The number of para-hydroxylation sites is 1. The summed E-state index contributed by atoms with van der Waals surface area (Å²) >= 11 is 0. The Bertz CT molecular complexity index is 663. The second-order valence-corrected chi connectivity index (χ2v) is 5.31. The number of nitrogens with zero attached hydrogens (tertiary/aromatic N) is 3. The van der Waals surface area contributed by atoms with Gasteiger partial charge >= 0.3 is 0 Å². The Morgan fingerprint density at radius 1 is 1.26 bits per heavy atom. The predicted molar refractivity (Wildman–Crippen MR) is 93.1 cm³/mol. The van der Waals surface area contributed by atoms with Crippen LogP contribution in [0.25, 0.3) is 5.69 Å². The van der Waals surface area contributed by atoms with Gasteiger partial charge < -0.3 is 15.4 Å². The second kappa shape index (κ2) is 8.33. The Morgan fingerprint density at radius 3 is 2.70 bits per heavy atom. The molecular formula is C17H25N5O. The van der Waals surface area contributed by atoms with Crippen LogP contribution in [0.3, 0.4) is 0 Å². The van der Waals surface area contributed by atoms with Crippen molar-refractivity contribution in [2.24, 2.45) is 4.99 Å². The highest BCUT2D eigenvalue weighted by molar-refractivity contribution is 5.79. The molecular weight excluding hydrogens is 290 g/mol. The first-order chi connectivity index (χ1) is 11.2. The quantitative estimate of drug-likeness (QED) is 0.485. The average molecular weight is 315 g/mol. The first kappa shape index (κ1) is 17.0. The van der Waals surface area contributed by atoms with Gasteiger partial charge in [-0.3, -0.25) is 4.99 Å². The van der Waals surface area contributed by atoms with Gasteiger partial charge in [0.05, 0.1) is 18.0 Å². The molecule has 0 saturated carbocycles. The maximum atomic E-state index is 5.04. The number of nitrogens with one attached hydrogen (secondary N) is 2. The Kier molecular flexibility index (Phi) is 6.17. The van der Waals surface area contributed by atoms with E-state index in [0.717, 1.165) is 35.1 Å². The molecule has 2 rings (SSSR count). The number of aryl methyl sites for hydroxylation is 2. The molecule has 1 aromatic heterocycles. The molecule has 0 bridgehead atoms. The van der Waals surface area contributed by atoms with Crippen LogP contribution in [0, 0.1) is 13.8 Å². The smallest absolute Gasteiger partial charge is 0.191 e. The van der Waals surface area contributed by atoms with Crippen LogP contribution in [-0.2, 0) is 11.3 Å². The maximum Gasteiger partial charge on any atom is 0.191 e. The number of hydrogen-bond donors (Lipinski definition) is 2. The number of hydrogen-bond acceptors (Lipinski definition) is 3. The van der Waals surface area contributed by atoms with Gasteiger partial charge in [-0.15, -0.1) is 0 Å². The fourth-order valence-electron chi connectivity index (χ4n) is 2.41. The fraction of sp³-hybridized carbons (Fsp3) is 0.412. The van der Waals surface area contributed by atoms with Crippen molar-refractivity contribution >= 4 is 5.96 Å². The molecule has 2 N–H and O–H groups in total. The lowest BCUT2D eigenvalue weighted by Crippen LogP contribution is -2.38. The number of benzene rings is 1. The molecule has 0 atom stereocenters. The van der Waals surface area contributed by atoms with E-state index in [9.17, 15) is 0 Å². The Hall–Kier alpha value is -2.34. The van der Waals surface area contributed by atoms with Crippen LogP contribution >= 0.6 is 0 Å². The Labute approximate surface area is 137 Å². The lowest BCUT2D eigenvalue weighted by Gasteiger charge is -2.15. The number of ether oxygens (including phenoxy) is 1. The molecule has 124 valence electrons. The zero-order valence-corrected chi connectivity index (χ0v) is 14.3. The first-order valence-corrected chi connectivity index (χ1v) is 7.70. The third kappa shape index (κ3) is 4.56. The first-order valence-electron chi connectivity index (χ1n) is 7.70. The van der Waals surface area contributed by atoms with Crippen molar-refractivity contribution in [2.75, 3.05) is 27.3 Å². The van der Waals surface area contributed by atoms with E-state index < -0.39 is 0 Å². The van der Waals surface area contributed by atoms with Crippen LogP contribution < -0.4 is 10.6 Å². The van der Waals surface area contributed by atoms with Crippen molar-refractivity contribution in [3.63, 3.8) is 0 Å². The van der Waals surface area contributed by atoms with E-state index in [1.165, 1.54) is 0 Å². The summed E-state index contributed by atoms with van der Waals surface area (Å²) < 4.78 is 7.01. The molecule has 0 unspecified atom stereocenters. The summed E-state index contributed by atoms with van der Waals surface area (Å²) in [5.74, 6) is 0.755. The van der Waals surface area contributed by atoms with Gasteiger partial charge in [0, 0.05) is 32.9 Å². The number of aromatic nitrogens is 2. The summed E-state index contributed by atoms with van der Waals surface area (Å²) in [5.41, 5.74) is 4.38. The minimum Gasteiger partial charge on any atom is -0.383 e. The van der Waals surface area contributed by atoms with Crippen molar-refractivity contribution < 1.29 is 4.74 Å². The minimum absolute atomic E-state index is 0.642. The second-order valence-electron chi connectivity index (χ2n) is 5.31. The van der Waals surface area contributed by atoms with Gasteiger partial charge in [-0.2, -0.15) is 5.10 Å². The van der Waals surface area contributed by atoms with Crippen LogP contribution in [0.15, 0.2) is 35.3 Å². The van der Waals surface area contributed by atoms with Crippen LogP contribution in [0.4, 0.5) is 0 Å². The van der Waals surface area contributed by atoms with Gasteiger partial charge in [0.2, 0.25) is 0 Å². The van der Waals surface area contributed by atoms with Gasteiger partial charge in [0.25, 0.3) is 0 Å². The summed E-state index contributed by atoms with van der Waals surface area (Å²) in [6.45, 7) is 6.10. The maximum absolute atomic E-state index is 5.04. The summed E-state index contributed by atoms with van der Waals surface area (Å²) in [4.78, 5) is 4.22. The van der Waals surface area contributed by atoms with Crippen LogP contribution in [0.2, 0.25) is 0 Å². The molecule has 2 aromatic rings. The molecule has 6 nitrogen and oxygen atoms in total. The molecule has 0 fully saturated rings. The molecule has 0 aliphatic rings. The molecule has 1 heterocycles. The van der Waals surface area contributed by atoms with E-state index >= 15 is 0 Å². The highest BCUT2D eigenvalue weighted by Gasteiger charge is 2.09. The summed E-state index contributed by atoms with van der Waals surface area (Å²) in [5, 5.41) is 11.1. The van der Waals surface area contributed by atoms with Crippen LogP contribution in [0.1, 0.15) is 17.0 Å². The van der Waals surface area contributed by atoms with Crippen molar-refractivity contribution in [3.05, 3.63) is 47.3 Å².